The minimum atomic E-state index is 0. The van der Waals surface area contributed by atoms with E-state index < -0.39 is 0 Å². The molecule has 0 aromatic carbocycles. The summed E-state index contributed by atoms with van der Waals surface area (Å²) in [6, 6.07) is 0.944. The Morgan fingerprint density at radius 2 is 1.83 bits per heavy atom. The number of guanidine groups is 1. The Kier molecular flexibility index (Phi) is 7.44. The number of aliphatic imine (C=N–C) groups is 1. The van der Waals surface area contributed by atoms with Crippen LogP contribution in [0.4, 0.5) is 0 Å². The molecular weight excluding hydrogens is 511 g/mol. The first kappa shape index (κ1) is 23.0. The van der Waals surface area contributed by atoms with E-state index in [2.05, 4.69) is 20.5 Å². The standard InChI is InChI=1S/C22H36N4O2S.HI/c1-23-21(25-18-17-7-12-28-19(17)22(18)8-2-9-22)24-16-5-3-15(4-6-16)20(27)26-10-13-29-14-11-26;/h15-19H,2-14H2,1H3,(H2,23,24,25);1H. The van der Waals surface area contributed by atoms with Crippen LogP contribution in [-0.4, -0.2) is 73.2 Å². The number of nitrogens with one attached hydrogen (secondary N) is 2. The molecule has 0 bridgehead atoms. The first-order valence-electron chi connectivity index (χ1n) is 11.7. The summed E-state index contributed by atoms with van der Waals surface area (Å²) in [5.41, 5.74) is 0.371. The number of hydrogen-bond acceptors (Lipinski definition) is 4. The monoisotopic (exact) mass is 548 g/mol. The van der Waals surface area contributed by atoms with Crippen molar-refractivity contribution >= 4 is 47.6 Å². The highest BCUT2D eigenvalue weighted by atomic mass is 127. The molecule has 1 spiro atoms. The highest BCUT2D eigenvalue weighted by molar-refractivity contribution is 14.0. The van der Waals surface area contributed by atoms with E-state index in [-0.39, 0.29) is 29.9 Å². The predicted octanol–water partition coefficient (Wildman–Crippen LogP) is 2.86. The Labute approximate surface area is 202 Å². The minimum absolute atomic E-state index is 0. The van der Waals surface area contributed by atoms with Gasteiger partial charge in [-0.3, -0.25) is 9.79 Å². The SMILES string of the molecule is CN=C(NC1CCC(C(=O)N2CCSCC2)CC1)NC1C2CCOC2C12CCC2.I. The summed E-state index contributed by atoms with van der Waals surface area (Å²) in [6.45, 7) is 2.80. The smallest absolute Gasteiger partial charge is 0.225 e. The molecule has 2 aliphatic heterocycles. The maximum atomic E-state index is 12.8. The highest BCUT2D eigenvalue weighted by Crippen LogP contribution is 2.62. The Morgan fingerprint density at radius 3 is 2.47 bits per heavy atom. The van der Waals surface area contributed by atoms with Gasteiger partial charge in [-0.25, -0.2) is 0 Å². The van der Waals surface area contributed by atoms with E-state index in [1.807, 2.05) is 18.8 Å². The molecule has 3 saturated carbocycles. The van der Waals surface area contributed by atoms with Crippen LogP contribution < -0.4 is 10.6 Å². The van der Waals surface area contributed by atoms with E-state index in [0.717, 1.165) is 62.8 Å². The number of ether oxygens (including phenoxy) is 1. The van der Waals surface area contributed by atoms with Crippen molar-refractivity contribution in [3.8, 4) is 0 Å². The van der Waals surface area contributed by atoms with Gasteiger partial charge >= 0.3 is 0 Å². The van der Waals surface area contributed by atoms with Crippen molar-refractivity contribution in [3.05, 3.63) is 0 Å². The van der Waals surface area contributed by atoms with Gasteiger partial charge in [0.15, 0.2) is 5.96 Å². The number of thioether (sulfide) groups is 1. The molecule has 0 aromatic heterocycles. The van der Waals surface area contributed by atoms with Crippen molar-refractivity contribution in [2.75, 3.05) is 38.2 Å². The van der Waals surface area contributed by atoms with E-state index in [1.54, 1.807) is 0 Å². The number of halogens is 1. The molecule has 5 aliphatic rings. The third-order valence-electron chi connectivity index (χ3n) is 8.29. The largest absolute Gasteiger partial charge is 0.377 e. The predicted molar refractivity (Wildman–Crippen MR) is 133 cm³/mol. The maximum absolute atomic E-state index is 12.8. The van der Waals surface area contributed by atoms with Crippen LogP contribution in [0.2, 0.25) is 0 Å². The van der Waals surface area contributed by atoms with Gasteiger partial charge in [-0.15, -0.1) is 24.0 Å². The molecule has 2 heterocycles. The highest BCUT2D eigenvalue weighted by Gasteiger charge is 2.66. The van der Waals surface area contributed by atoms with Gasteiger partial charge in [0.05, 0.1) is 6.10 Å². The van der Waals surface area contributed by atoms with Crippen molar-refractivity contribution in [1.82, 2.24) is 15.5 Å². The summed E-state index contributed by atoms with van der Waals surface area (Å²) < 4.78 is 6.05. The zero-order valence-electron chi connectivity index (χ0n) is 18.1. The van der Waals surface area contributed by atoms with Gasteiger partial charge in [0.2, 0.25) is 5.91 Å². The lowest BCUT2D eigenvalue weighted by atomic mass is 9.46. The van der Waals surface area contributed by atoms with Crippen molar-refractivity contribution in [1.29, 1.82) is 0 Å². The van der Waals surface area contributed by atoms with Gasteiger partial charge in [-0.1, -0.05) is 6.42 Å². The second kappa shape index (κ2) is 9.73. The molecule has 3 atom stereocenters. The van der Waals surface area contributed by atoms with Crippen LogP contribution in [0.1, 0.15) is 51.4 Å². The minimum Gasteiger partial charge on any atom is -0.377 e. The lowest BCUT2D eigenvalue weighted by Crippen LogP contribution is -2.72. The van der Waals surface area contributed by atoms with E-state index in [0.29, 0.717) is 35.4 Å². The van der Waals surface area contributed by atoms with Crippen molar-refractivity contribution in [3.63, 3.8) is 0 Å². The molecular formula is C22H37IN4O2S. The molecule has 0 radical (unpaired) electrons. The van der Waals surface area contributed by atoms with Crippen LogP contribution in [0.25, 0.3) is 0 Å². The first-order valence-corrected chi connectivity index (χ1v) is 12.8. The number of carbonyl (C=O) groups is 1. The molecule has 1 amide bonds. The number of carbonyl (C=O) groups excluding carboxylic acids is 1. The number of amides is 1. The summed E-state index contributed by atoms with van der Waals surface area (Å²) in [5.74, 6) is 4.44. The fraction of sp³-hybridized carbons (Fsp3) is 0.909. The van der Waals surface area contributed by atoms with Crippen LogP contribution in [0.5, 0.6) is 0 Å². The number of nitrogens with zero attached hydrogens (tertiary/aromatic N) is 2. The van der Waals surface area contributed by atoms with Crippen molar-refractivity contribution in [2.24, 2.45) is 22.2 Å². The van der Waals surface area contributed by atoms with Crippen molar-refractivity contribution in [2.45, 2.75) is 69.6 Å². The molecule has 5 fully saturated rings. The van der Waals surface area contributed by atoms with Crippen LogP contribution in [0, 0.1) is 17.3 Å². The number of rotatable bonds is 3. The molecule has 2 N–H and O–H groups in total. The Bertz CT molecular complexity index is 645. The fourth-order valence-electron chi connectivity index (χ4n) is 6.49. The summed E-state index contributed by atoms with van der Waals surface area (Å²) in [5, 5.41) is 7.46. The van der Waals surface area contributed by atoms with Gasteiger partial charge in [0, 0.05) is 67.6 Å². The van der Waals surface area contributed by atoms with E-state index >= 15 is 0 Å². The average molecular weight is 549 g/mol. The van der Waals surface area contributed by atoms with E-state index in [9.17, 15) is 4.79 Å². The molecule has 5 rings (SSSR count). The van der Waals surface area contributed by atoms with Gasteiger partial charge in [-0.2, -0.15) is 11.8 Å². The van der Waals surface area contributed by atoms with Gasteiger partial charge < -0.3 is 20.3 Å². The second-order valence-corrected chi connectivity index (χ2v) is 10.9. The van der Waals surface area contributed by atoms with Gasteiger partial charge in [0.1, 0.15) is 0 Å². The van der Waals surface area contributed by atoms with Crippen LogP contribution >= 0.6 is 35.7 Å². The first-order chi connectivity index (χ1) is 14.2. The molecule has 0 aromatic rings. The summed E-state index contributed by atoms with van der Waals surface area (Å²) in [4.78, 5) is 19.4. The Morgan fingerprint density at radius 1 is 1.10 bits per heavy atom. The number of hydrogen-bond donors (Lipinski definition) is 2. The molecule has 8 heteroatoms. The van der Waals surface area contributed by atoms with E-state index in [4.69, 9.17) is 4.74 Å². The third-order valence-corrected chi connectivity index (χ3v) is 9.23. The third kappa shape index (κ3) is 4.09. The maximum Gasteiger partial charge on any atom is 0.225 e. The molecule has 3 aliphatic carbocycles. The normalized spacial score (nSPS) is 37.4. The lowest BCUT2D eigenvalue weighted by Gasteiger charge is -2.63. The van der Waals surface area contributed by atoms with Crippen LogP contribution in [-0.2, 0) is 9.53 Å². The molecule has 30 heavy (non-hydrogen) atoms. The zero-order chi connectivity index (χ0) is 19.8. The molecule has 6 nitrogen and oxygen atoms in total. The van der Waals surface area contributed by atoms with Crippen LogP contribution in [0.15, 0.2) is 4.99 Å². The average Bonchev–Trinajstić information content (AvgIpc) is 3.15. The molecule has 170 valence electrons. The summed E-state index contributed by atoms with van der Waals surface area (Å²) >= 11 is 1.96. The lowest BCUT2D eigenvalue weighted by molar-refractivity contribution is -0.171. The van der Waals surface area contributed by atoms with E-state index in [1.165, 1.54) is 25.7 Å². The van der Waals surface area contributed by atoms with Crippen molar-refractivity contribution < 1.29 is 9.53 Å². The topological polar surface area (TPSA) is 66.0 Å². The Hall–Kier alpha value is -0.220. The van der Waals surface area contributed by atoms with Crippen LogP contribution in [0.3, 0.4) is 0 Å². The summed E-state index contributed by atoms with van der Waals surface area (Å²) in [7, 11) is 1.88. The number of fused-ring (bicyclic) bond motifs is 2. The zero-order valence-corrected chi connectivity index (χ0v) is 21.3. The summed E-state index contributed by atoms with van der Waals surface area (Å²) in [6.07, 6.45) is 9.73. The fourth-order valence-corrected chi connectivity index (χ4v) is 7.40. The quantitative estimate of drug-likeness (QED) is 0.323. The Balaban J connectivity index is 0.00000218. The van der Waals surface area contributed by atoms with Gasteiger partial charge in [-0.05, 0) is 44.9 Å². The van der Waals surface area contributed by atoms with Gasteiger partial charge in [0.25, 0.3) is 0 Å². The molecule has 2 saturated heterocycles. The second-order valence-electron chi connectivity index (χ2n) is 9.66. The molecule has 3 unspecified atom stereocenters.